The van der Waals surface area contributed by atoms with Crippen LogP contribution in [0.15, 0.2) is 37.1 Å². The Kier molecular flexibility index (Phi) is 9.27. The van der Waals surface area contributed by atoms with Gasteiger partial charge in [0.15, 0.2) is 0 Å². The Bertz CT molecular complexity index is 175. The quantitative estimate of drug-likeness (QED) is 0.380. The second-order valence-corrected chi connectivity index (χ2v) is 4.10. The molecule has 0 heterocycles. The number of allylic oxidation sites excluding steroid dienone is 3. The molecule has 0 saturated heterocycles. The summed E-state index contributed by atoms with van der Waals surface area (Å²) < 4.78 is 5.46. The molecule has 0 aromatic carbocycles. The Morgan fingerprint density at radius 2 is 1.77 bits per heavy atom. The van der Waals surface area contributed by atoms with E-state index in [9.17, 15) is 0 Å². The number of hydrogen-bond donors (Lipinski definition) is 0. The second kappa shape index (κ2) is 8.07. The van der Waals surface area contributed by atoms with Gasteiger partial charge in [-0.05, 0) is 26.0 Å². The Balaban J connectivity index is 0. The molecule has 0 spiro atoms. The monoisotopic (exact) mass is 200 g/mol. The Hall–Kier alpha value is -0.550. The summed E-state index contributed by atoms with van der Waals surface area (Å²) in [7, 11) is 2.59. The van der Waals surface area contributed by atoms with Gasteiger partial charge in [-0.3, -0.25) is 0 Å². The largest absolute Gasteiger partial charge is 0.484 e. The third-order valence-corrected chi connectivity index (χ3v) is 0.982. The number of rotatable bonds is 4. The normalized spacial score (nSPS) is 11.0. The van der Waals surface area contributed by atoms with E-state index in [-0.39, 0.29) is 5.34 Å². The van der Waals surface area contributed by atoms with Crippen LogP contribution in [0, 0.1) is 0 Å². The number of ether oxygens (including phenoxy) is 1. The van der Waals surface area contributed by atoms with Gasteiger partial charge in [-0.2, -0.15) is 0 Å². The zero-order valence-electron chi connectivity index (χ0n) is 9.13. The van der Waals surface area contributed by atoms with Crippen LogP contribution in [0.4, 0.5) is 0 Å². The van der Waals surface area contributed by atoms with Gasteiger partial charge in [-0.25, -0.2) is 0 Å². The molecule has 1 atom stereocenters. The van der Waals surface area contributed by atoms with Gasteiger partial charge in [0, 0.05) is 0 Å². The molecule has 0 aliphatic carbocycles. The van der Waals surface area contributed by atoms with Crippen LogP contribution in [-0.2, 0) is 4.74 Å². The fourth-order valence-electron chi connectivity index (χ4n) is 0.564. The molecule has 0 aromatic heterocycles. The highest BCUT2D eigenvalue weighted by Crippen LogP contribution is 2.21. The lowest BCUT2D eigenvalue weighted by atomic mass is 10.4. The van der Waals surface area contributed by atoms with E-state index in [0.717, 1.165) is 5.76 Å². The smallest absolute Gasteiger partial charge is 0.120 e. The van der Waals surface area contributed by atoms with Crippen molar-refractivity contribution in [1.29, 1.82) is 0 Å². The maximum atomic E-state index is 5.46. The Morgan fingerprint density at radius 1 is 1.31 bits per heavy atom. The minimum absolute atomic E-state index is 0.247. The lowest BCUT2D eigenvalue weighted by Gasteiger charge is -2.21. The van der Waals surface area contributed by atoms with Crippen molar-refractivity contribution in [2.24, 2.45) is 0 Å². The minimum Gasteiger partial charge on any atom is -0.484 e. The van der Waals surface area contributed by atoms with Gasteiger partial charge in [0.2, 0.25) is 0 Å². The van der Waals surface area contributed by atoms with Crippen molar-refractivity contribution in [2.45, 2.75) is 33.0 Å². The van der Waals surface area contributed by atoms with Gasteiger partial charge in [0.1, 0.15) is 11.1 Å². The lowest BCUT2D eigenvalue weighted by Crippen LogP contribution is -2.13. The van der Waals surface area contributed by atoms with Gasteiger partial charge in [0.05, 0.1) is 0 Å². The van der Waals surface area contributed by atoms with E-state index in [1.165, 1.54) is 0 Å². The average Bonchev–Trinajstić information content (AvgIpc) is 2.05. The van der Waals surface area contributed by atoms with Crippen molar-refractivity contribution in [3.05, 3.63) is 37.1 Å². The van der Waals surface area contributed by atoms with E-state index in [1.54, 1.807) is 18.2 Å². The van der Waals surface area contributed by atoms with E-state index in [1.807, 2.05) is 27.7 Å². The SMILES string of the molecule is C=C/C=C(\C=C)OC(C)(C)P.CC. The van der Waals surface area contributed by atoms with Crippen LogP contribution >= 0.6 is 9.24 Å². The fraction of sp³-hybridized carbons (Fsp3) is 0.455. The highest BCUT2D eigenvalue weighted by molar-refractivity contribution is 7.18. The molecule has 0 bridgehead atoms. The molecule has 0 aromatic rings. The van der Waals surface area contributed by atoms with E-state index in [4.69, 9.17) is 4.74 Å². The van der Waals surface area contributed by atoms with Gasteiger partial charge >= 0.3 is 0 Å². The molecule has 0 aliphatic heterocycles. The van der Waals surface area contributed by atoms with Crippen molar-refractivity contribution in [3.63, 3.8) is 0 Å². The van der Waals surface area contributed by atoms with Gasteiger partial charge in [-0.15, -0.1) is 0 Å². The molecule has 0 N–H and O–H groups in total. The fourth-order valence-corrected chi connectivity index (χ4v) is 0.700. The molecule has 0 fully saturated rings. The molecule has 0 radical (unpaired) electrons. The first-order valence-corrected chi connectivity index (χ1v) is 5.00. The van der Waals surface area contributed by atoms with Crippen LogP contribution in [0.5, 0.6) is 0 Å². The zero-order chi connectivity index (χ0) is 10.9. The van der Waals surface area contributed by atoms with E-state index < -0.39 is 0 Å². The van der Waals surface area contributed by atoms with Crippen LogP contribution in [0.2, 0.25) is 0 Å². The Morgan fingerprint density at radius 3 is 2.00 bits per heavy atom. The molecule has 0 amide bonds. The van der Waals surface area contributed by atoms with Gasteiger partial charge in [0.25, 0.3) is 0 Å². The topological polar surface area (TPSA) is 9.23 Å². The molecular weight excluding hydrogens is 179 g/mol. The first-order valence-electron chi connectivity index (χ1n) is 4.42. The predicted molar refractivity (Wildman–Crippen MR) is 64.7 cm³/mol. The third-order valence-electron chi connectivity index (χ3n) is 0.864. The van der Waals surface area contributed by atoms with Crippen LogP contribution in [0.3, 0.4) is 0 Å². The standard InChI is InChI=1S/C9H15OP.C2H6/c1-5-7-8(6-2)10-9(3,4)11;1-2/h5-7H,1-2,11H2,3-4H3;1-2H3/b8-7+;. The molecule has 0 rings (SSSR count). The highest BCUT2D eigenvalue weighted by Gasteiger charge is 2.10. The van der Waals surface area contributed by atoms with Crippen LogP contribution in [0.25, 0.3) is 0 Å². The summed E-state index contributed by atoms with van der Waals surface area (Å²) in [5.74, 6) is 0.736. The van der Waals surface area contributed by atoms with E-state index >= 15 is 0 Å². The predicted octanol–water partition coefficient (Wildman–Crippen LogP) is 3.90. The zero-order valence-corrected chi connectivity index (χ0v) is 10.3. The maximum absolute atomic E-state index is 5.46. The highest BCUT2D eigenvalue weighted by atomic mass is 31.0. The lowest BCUT2D eigenvalue weighted by molar-refractivity contribution is 0.126. The second-order valence-electron chi connectivity index (χ2n) is 2.71. The van der Waals surface area contributed by atoms with Crippen LogP contribution < -0.4 is 0 Å². The summed E-state index contributed by atoms with van der Waals surface area (Å²) in [6.07, 6.45) is 5.11. The summed E-state index contributed by atoms with van der Waals surface area (Å²) >= 11 is 0. The maximum Gasteiger partial charge on any atom is 0.120 e. The third kappa shape index (κ3) is 11.5. The summed E-state index contributed by atoms with van der Waals surface area (Å²) in [4.78, 5) is 0. The molecule has 2 heteroatoms. The molecule has 0 aliphatic rings. The van der Waals surface area contributed by atoms with Crippen molar-refractivity contribution < 1.29 is 4.74 Å². The Labute approximate surface area is 84.8 Å². The molecule has 0 saturated carbocycles. The van der Waals surface area contributed by atoms with Crippen molar-refractivity contribution >= 4 is 9.24 Å². The van der Waals surface area contributed by atoms with Crippen LogP contribution in [-0.4, -0.2) is 5.34 Å². The van der Waals surface area contributed by atoms with E-state index in [0.29, 0.717) is 0 Å². The first kappa shape index (κ1) is 14.9. The van der Waals surface area contributed by atoms with E-state index in [2.05, 4.69) is 22.4 Å². The van der Waals surface area contributed by atoms with Gasteiger partial charge < -0.3 is 4.74 Å². The summed E-state index contributed by atoms with van der Waals surface area (Å²) in [6, 6.07) is 0. The molecule has 1 nitrogen and oxygen atoms in total. The van der Waals surface area contributed by atoms with Crippen molar-refractivity contribution in [2.75, 3.05) is 0 Å². The molecule has 13 heavy (non-hydrogen) atoms. The van der Waals surface area contributed by atoms with Gasteiger partial charge in [-0.1, -0.05) is 42.3 Å². The first-order chi connectivity index (χ1) is 5.99. The number of hydrogen-bond acceptors (Lipinski definition) is 1. The minimum atomic E-state index is -0.247. The van der Waals surface area contributed by atoms with Crippen LogP contribution in [0.1, 0.15) is 27.7 Å². The van der Waals surface area contributed by atoms with Crippen molar-refractivity contribution in [3.8, 4) is 0 Å². The summed E-state index contributed by atoms with van der Waals surface area (Å²) in [5.41, 5.74) is 0. The summed E-state index contributed by atoms with van der Waals surface area (Å²) in [5, 5.41) is -0.247. The van der Waals surface area contributed by atoms with Crippen molar-refractivity contribution in [1.82, 2.24) is 0 Å². The molecule has 76 valence electrons. The summed E-state index contributed by atoms with van der Waals surface area (Å²) in [6.45, 7) is 15.1. The average molecular weight is 200 g/mol. The molecular formula is C11H21OP. The molecule has 1 unspecified atom stereocenters.